The van der Waals surface area contributed by atoms with Gasteiger partial charge in [0.15, 0.2) is 0 Å². The van der Waals surface area contributed by atoms with E-state index >= 15 is 0 Å². The van der Waals surface area contributed by atoms with Gasteiger partial charge >= 0.3 is 0 Å². The maximum Gasteiger partial charge on any atom is 0.270 e. The number of piperidine rings is 1. The Kier molecular flexibility index (Phi) is 5.92. The monoisotopic (exact) mass is 482 g/mol. The molecule has 1 aliphatic heterocycles. The van der Waals surface area contributed by atoms with Crippen molar-refractivity contribution in [2.45, 2.75) is 29.6 Å². The highest BCUT2D eigenvalue weighted by atomic mass is 32.2. The van der Waals surface area contributed by atoms with E-state index in [1.165, 1.54) is 15.6 Å². The van der Waals surface area contributed by atoms with Gasteiger partial charge in [-0.25, -0.2) is 13.1 Å². The SMILES string of the molecule is O=C(NCc1ccc(S(=O)(=O)N2CCC(n3nnc4ccccc43)CC2)s1)c1ccccn1. The molecule has 3 aromatic heterocycles. The molecule has 11 heteroatoms. The summed E-state index contributed by atoms with van der Waals surface area (Å²) < 4.78 is 30.1. The number of benzene rings is 1. The van der Waals surface area contributed by atoms with Crippen LogP contribution in [0.25, 0.3) is 11.0 Å². The fourth-order valence-corrected chi connectivity index (χ4v) is 6.88. The Morgan fingerprint density at radius 3 is 2.64 bits per heavy atom. The largest absolute Gasteiger partial charge is 0.346 e. The molecule has 1 saturated heterocycles. The number of sulfonamides is 1. The van der Waals surface area contributed by atoms with Crippen molar-refractivity contribution >= 4 is 38.3 Å². The minimum Gasteiger partial charge on any atom is -0.346 e. The second-order valence-electron chi connectivity index (χ2n) is 7.78. The molecule has 170 valence electrons. The van der Waals surface area contributed by atoms with E-state index < -0.39 is 10.0 Å². The highest BCUT2D eigenvalue weighted by Gasteiger charge is 2.32. The smallest absolute Gasteiger partial charge is 0.270 e. The Morgan fingerprint density at radius 2 is 1.85 bits per heavy atom. The molecule has 0 bridgehead atoms. The lowest BCUT2D eigenvalue weighted by Gasteiger charge is -2.30. The van der Waals surface area contributed by atoms with Gasteiger partial charge in [-0.2, -0.15) is 4.31 Å². The molecule has 0 radical (unpaired) electrons. The van der Waals surface area contributed by atoms with Crippen molar-refractivity contribution in [1.82, 2.24) is 29.6 Å². The van der Waals surface area contributed by atoms with E-state index in [0.29, 0.717) is 31.6 Å². The Balaban J connectivity index is 1.22. The van der Waals surface area contributed by atoms with Crippen LogP contribution in [0.3, 0.4) is 0 Å². The van der Waals surface area contributed by atoms with Crippen molar-refractivity contribution in [3.63, 3.8) is 0 Å². The lowest BCUT2D eigenvalue weighted by Crippen LogP contribution is -2.38. The Labute approximate surface area is 195 Å². The number of hydrogen-bond acceptors (Lipinski definition) is 7. The van der Waals surface area contributed by atoms with Gasteiger partial charge in [0.25, 0.3) is 15.9 Å². The zero-order valence-electron chi connectivity index (χ0n) is 17.7. The van der Waals surface area contributed by atoms with Crippen molar-refractivity contribution in [3.8, 4) is 0 Å². The Bertz CT molecular complexity index is 1380. The first-order valence-electron chi connectivity index (χ1n) is 10.6. The third-order valence-electron chi connectivity index (χ3n) is 5.70. The van der Waals surface area contributed by atoms with Crippen molar-refractivity contribution in [3.05, 3.63) is 71.4 Å². The molecule has 1 amide bonds. The molecule has 0 aliphatic carbocycles. The van der Waals surface area contributed by atoms with Gasteiger partial charge < -0.3 is 5.32 Å². The number of hydrogen-bond donors (Lipinski definition) is 1. The molecule has 1 aromatic carbocycles. The molecule has 0 saturated carbocycles. The molecule has 9 nitrogen and oxygen atoms in total. The van der Waals surface area contributed by atoms with Gasteiger partial charge in [-0.05, 0) is 49.2 Å². The minimum absolute atomic E-state index is 0.115. The van der Waals surface area contributed by atoms with E-state index in [4.69, 9.17) is 0 Å². The standard InChI is InChI=1S/C22H22N6O3S2/c29-22(19-6-3-4-12-23-19)24-15-17-8-9-21(32-17)33(30,31)27-13-10-16(11-14-27)28-20-7-2-1-5-18(20)25-26-28/h1-9,12,16H,10-11,13-15H2,(H,24,29). The van der Waals surface area contributed by atoms with Crippen LogP contribution >= 0.6 is 11.3 Å². The molecular formula is C22H22N6O3S2. The van der Waals surface area contributed by atoms with E-state index in [1.54, 1.807) is 36.5 Å². The van der Waals surface area contributed by atoms with Crippen molar-refractivity contribution in [2.75, 3.05) is 13.1 Å². The second-order valence-corrected chi connectivity index (χ2v) is 11.1. The van der Waals surface area contributed by atoms with Gasteiger partial charge in [-0.15, -0.1) is 16.4 Å². The summed E-state index contributed by atoms with van der Waals surface area (Å²) in [4.78, 5) is 17.0. The predicted octanol–water partition coefficient (Wildman–Crippen LogP) is 2.84. The number of rotatable bonds is 6. The van der Waals surface area contributed by atoms with Gasteiger partial charge in [-0.1, -0.05) is 23.4 Å². The maximum atomic E-state index is 13.2. The molecule has 33 heavy (non-hydrogen) atoms. The van der Waals surface area contributed by atoms with Gasteiger partial charge in [0, 0.05) is 24.2 Å². The van der Waals surface area contributed by atoms with E-state index in [-0.39, 0.29) is 22.7 Å². The highest BCUT2D eigenvalue weighted by molar-refractivity contribution is 7.91. The third kappa shape index (κ3) is 4.39. The minimum atomic E-state index is -3.59. The molecule has 4 heterocycles. The molecule has 0 atom stereocenters. The number of nitrogens with one attached hydrogen (secondary N) is 1. The summed E-state index contributed by atoms with van der Waals surface area (Å²) in [6.45, 7) is 1.09. The molecule has 0 unspecified atom stereocenters. The fourth-order valence-electron chi connectivity index (χ4n) is 3.96. The predicted molar refractivity (Wildman–Crippen MR) is 124 cm³/mol. The lowest BCUT2D eigenvalue weighted by atomic mass is 10.1. The van der Waals surface area contributed by atoms with Crippen LogP contribution in [0.4, 0.5) is 0 Å². The van der Waals surface area contributed by atoms with Crippen LogP contribution in [0, 0.1) is 0 Å². The molecule has 1 aliphatic rings. The van der Waals surface area contributed by atoms with E-state index in [1.807, 2.05) is 28.9 Å². The topological polar surface area (TPSA) is 110 Å². The average molecular weight is 483 g/mol. The molecule has 5 rings (SSSR count). The van der Waals surface area contributed by atoms with Gasteiger partial charge in [-0.3, -0.25) is 9.78 Å². The van der Waals surface area contributed by atoms with Crippen LogP contribution in [-0.2, 0) is 16.6 Å². The zero-order valence-corrected chi connectivity index (χ0v) is 19.3. The van der Waals surface area contributed by atoms with E-state index in [0.717, 1.165) is 15.9 Å². The first-order valence-corrected chi connectivity index (χ1v) is 12.9. The van der Waals surface area contributed by atoms with Crippen molar-refractivity contribution < 1.29 is 13.2 Å². The molecule has 4 aromatic rings. The molecule has 1 fully saturated rings. The number of carbonyl (C=O) groups excluding carboxylic acids is 1. The van der Waals surface area contributed by atoms with Gasteiger partial charge in [0.1, 0.15) is 15.4 Å². The van der Waals surface area contributed by atoms with Crippen molar-refractivity contribution in [1.29, 1.82) is 0 Å². The fraction of sp³-hybridized carbons (Fsp3) is 0.273. The summed E-state index contributed by atoms with van der Waals surface area (Å²) >= 11 is 1.18. The van der Waals surface area contributed by atoms with Crippen LogP contribution in [0.1, 0.15) is 34.2 Å². The summed E-state index contributed by atoms with van der Waals surface area (Å²) in [5, 5.41) is 11.3. The van der Waals surface area contributed by atoms with E-state index in [9.17, 15) is 13.2 Å². The van der Waals surface area contributed by atoms with Crippen molar-refractivity contribution in [2.24, 2.45) is 0 Å². The highest BCUT2D eigenvalue weighted by Crippen LogP contribution is 2.31. The van der Waals surface area contributed by atoms with Gasteiger partial charge in [0.05, 0.1) is 18.1 Å². The molecule has 1 N–H and O–H groups in total. The number of carbonyl (C=O) groups is 1. The van der Waals surface area contributed by atoms with Crippen LogP contribution in [-0.4, -0.2) is 51.7 Å². The summed E-state index contributed by atoms with van der Waals surface area (Å²) in [5.41, 5.74) is 2.13. The number of aromatic nitrogens is 4. The Hall–Kier alpha value is -3.15. The summed E-state index contributed by atoms with van der Waals surface area (Å²) in [6, 6.07) is 16.4. The molecule has 0 spiro atoms. The molecular weight excluding hydrogens is 460 g/mol. The number of nitrogens with zero attached hydrogens (tertiary/aromatic N) is 5. The number of thiophene rings is 1. The number of fused-ring (bicyclic) bond motifs is 1. The van der Waals surface area contributed by atoms with Crippen LogP contribution in [0.5, 0.6) is 0 Å². The maximum absolute atomic E-state index is 13.2. The van der Waals surface area contributed by atoms with Crippen LogP contribution in [0.2, 0.25) is 0 Å². The zero-order chi connectivity index (χ0) is 22.8. The number of pyridine rings is 1. The summed E-state index contributed by atoms with van der Waals surface area (Å²) in [5.74, 6) is -0.295. The third-order valence-corrected chi connectivity index (χ3v) is 9.15. The van der Waals surface area contributed by atoms with Gasteiger partial charge in [0.2, 0.25) is 0 Å². The first kappa shape index (κ1) is 21.7. The van der Waals surface area contributed by atoms with Crippen LogP contribution in [0.15, 0.2) is 65.0 Å². The summed E-state index contributed by atoms with van der Waals surface area (Å²) in [6.07, 6.45) is 2.90. The first-order chi connectivity index (χ1) is 16.0. The normalized spacial score (nSPS) is 15.6. The van der Waals surface area contributed by atoms with Crippen LogP contribution < -0.4 is 5.32 Å². The summed E-state index contributed by atoms with van der Waals surface area (Å²) in [7, 11) is -3.59. The number of amides is 1. The quantitative estimate of drug-likeness (QED) is 0.453. The van der Waals surface area contributed by atoms with E-state index in [2.05, 4.69) is 20.6 Å². The lowest BCUT2D eigenvalue weighted by molar-refractivity contribution is 0.0946. The Morgan fingerprint density at radius 1 is 1.06 bits per heavy atom. The second kappa shape index (κ2) is 9.00. The average Bonchev–Trinajstić information content (AvgIpc) is 3.51. The number of para-hydroxylation sites is 1.